The van der Waals surface area contributed by atoms with E-state index < -0.39 is 0 Å². The number of hydrogen-bond donors (Lipinski definition) is 2. The van der Waals surface area contributed by atoms with Gasteiger partial charge < -0.3 is 11.1 Å². The molecule has 0 saturated carbocycles. The van der Waals surface area contributed by atoms with Crippen LogP contribution in [0.25, 0.3) is 0 Å². The number of aryl methyl sites for hydroxylation is 1. The topological polar surface area (TPSA) is 50.9 Å². The van der Waals surface area contributed by atoms with Gasteiger partial charge in [0.2, 0.25) is 0 Å². The molecular formula is C12H11Cl2N3. The van der Waals surface area contributed by atoms with Crippen LogP contribution in [-0.2, 0) is 0 Å². The standard InChI is InChI=1S/C12H11Cl2N3/c1-7-3-2-4-8(13)11(7)17-12-9(15)5-6-10(14)16-12/h2-6H,15H2,1H3,(H,16,17). The summed E-state index contributed by atoms with van der Waals surface area (Å²) in [5.41, 5.74) is 8.13. The summed E-state index contributed by atoms with van der Waals surface area (Å²) in [7, 11) is 0. The molecule has 2 aromatic rings. The number of anilines is 3. The first kappa shape index (κ1) is 12.0. The van der Waals surface area contributed by atoms with Gasteiger partial charge in [0, 0.05) is 0 Å². The molecule has 1 heterocycles. The van der Waals surface area contributed by atoms with Gasteiger partial charge in [-0.2, -0.15) is 0 Å². The summed E-state index contributed by atoms with van der Waals surface area (Å²) in [4.78, 5) is 4.12. The second-order valence-electron chi connectivity index (χ2n) is 3.63. The molecule has 2 rings (SSSR count). The molecule has 0 bridgehead atoms. The van der Waals surface area contributed by atoms with Crippen LogP contribution in [0.5, 0.6) is 0 Å². The molecule has 88 valence electrons. The SMILES string of the molecule is Cc1cccc(Cl)c1Nc1nc(Cl)ccc1N. The third kappa shape index (κ3) is 2.62. The first-order valence-electron chi connectivity index (χ1n) is 5.02. The maximum atomic E-state index is 6.11. The summed E-state index contributed by atoms with van der Waals surface area (Å²) in [6.07, 6.45) is 0. The van der Waals surface area contributed by atoms with Crippen LogP contribution >= 0.6 is 23.2 Å². The number of benzene rings is 1. The molecule has 0 amide bonds. The Bertz CT molecular complexity index is 535. The van der Waals surface area contributed by atoms with Gasteiger partial charge in [0.15, 0.2) is 5.82 Å². The van der Waals surface area contributed by atoms with E-state index in [0.717, 1.165) is 11.3 Å². The molecule has 3 N–H and O–H groups in total. The minimum atomic E-state index is 0.381. The highest BCUT2D eigenvalue weighted by Gasteiger charge is 2.07. The average Bonchev–Trinajstić information content (AvgIpc) is 2.28. The number of nitrogens with zero attached hydrogens (tertiary/aromatic N) is 1. The largest absolute Gasteiger partial charge is 0.396 e. The van der Waals surface area contributed by atoms with E-state index in [0.29, 0.717) is 21.7 Å². The molecule has 0 saturated heterocycles. The van der Waals surface area contributed by atoms with E-state index in [4.69, 9.17) is 28.9 Å². The zero-order valence-corrected chi connectivity index (χ0v) is 10.7. The van der Waals surface area contributed by atoms with Gasteiger partial charge in [-0.05, 0) is 30.7 Å². The third-order valence-corrected chi connectivity index (χ3v) is 2.88. The Hall–Kier alpha value is -1.45. The fraction of sp³-hybridized carbons (Fsp3) is 0.0833. The van der Waals surface area contributed by atoms with Crippen molar-refractivity contribution in [2.75, 3.05) is 11.1 Å². The Balaban J connectivity index is 2.41. The van der Waals surface area contributed by atoms with Crippen molar-refractivity contribution >= 4 is 40.4 Å². The number of aromatic nitrogens is 1. The van der Waals surface area contributed by atoms with Crippen molar-refractivity contribution in [2.24, 2.45) is 0 Å². The molecule has 0 unspecified atom stereocenters. The van der Waals surface area contributed by atoms with E-state index >= 15 is 0 Å². The number of pyridine rings is 1. The van der Waals surface area contributed by atoms with E-state index in [9.17, 15) is 0 Å². The molecule has 0 aliphatic carbocycles. The fourth-order valence-corrected chi connectivity index (χ4v) is 1.87. The van der Waals surface area contributed by atoms with Gasteiger partial charge in [-0.3, -0.25) is 0 Å². The summed E-state index contributed by atoms with van der Waals surface area (Å²) < 4.78 is 0. The number of nitrogen functional groups attached to an aromatic ring is 1. The number of para-hydroxylation sites is 1. The number of hydrogen-bond acceptors (Lipinski definition) is 3. The molecule has 0 fully saturated rings. The van der Waals surface area contributed by atoms with Gasteiger partial charge in [-0.15, -0.1) is 0 Å². The lowest BCUT2D eigenvalue weighted by atomic mass is 10.2. The Labute approximate surface area is 110 Å². The molecule has 0 aliphatic rings. The highest BCUT2D eigenvalue weighted by molar-refractivity contribution is 6.33. The van der Waals surface area contributed by atoms with Crippen LogP contribution in [0.15, 0.2) is 30.3 Å². The van der Waals surface area contributed by atoms with E-state index in [2.05, 4.69) is 10.3 Å². The van der Waals surface area contributed by atoms with Crippen LogP contribution in [0.4, 0.5) is 17.2 Å². The summed E-state index contributed by atoms with van der Waals surface area (Å²) in [5, 5.41) is 4.09. The lowest BCUT2D eigenvalue weighted by molar-refractivity contribution is 1.30. The van der Waals surface area contributed by atoms with Crippen molar-refractivity contribution in [2.45, 2.75) is 6.92 Å². The van der Waals surface area contributed by atoms with Crippen molar-refractivity contribution in [1.29, 1.82) is 0 Å². The second kappa shape index (κ2) is 4.82. The molecule has 1 aromatic carbocycles. The Kier molecular flexibility index (Phi) is 3.41. The van der Waals surface area contributed by atoms with Crippen molar-refractivity contribution in [3.8, 4) is 0 Å². The smallest absolute Gasteiger partial charge is 0.155 e. The van der Waals surface area contributed by atoms with Gasteiger partial charge in [0.1, 0.15) is 5.15 Å². The molecule has 0 aliphatic heterocycles. The van der Waals surface area contributed by atoms with E-state index in [1.54, 1.807) is 18.2 Å². The molecular weight excluding hydrogens is 257 g/mol. The first-order chi connectivity index (χ1) is 8.08. The van der Waals surface area contributed by atoms with Gasteiger partial charge in [0.25, 0.3) is 0 Å². The highest BCUT2D eigenvalue weighted by atomic mass is 35.5. The lowest BCUT2D eigenvalue weighted by Gasteiger charge is -2.12. The number of rotatable bonds is 2. The van der Waals surface area contributed by atoms with Crippen molar-refractivity contribution in [1.82, 2.24) is 4.98 Å². The predicted molar refractivity (Wildman–Crippen MR) is 73.1 cm³/mol. The molecule has 0 atom stereocenters. The minimum Gasteiger partial charge on any atom is -0.396 e. The van der Waals surface area contributed by atoms with Crippen LogP contribution in [0.1, 0.15) is 5.56 Å². The van der Waals surface area contributed by atoms with Gasteiger partial charge in [-0.1, -0.05) is 35.3 Å². The first-order valence-corrected chi connectivity index (χ1v) is 5.77. The fourth-order valence-electron chi connectivity index (χ4n) is 1.45. The molecule has 0 spiro atoms. The Morgan fingerprint density at radius 3 is 2.65 bits per heavy atom. The quantitative estimate of drug-likeness (QED) is 0.808. The normalized spacial score (nSPS) is 10.3. The van der Waals surface area contributed by atoms with Crippen LogP contribution in [0.3, 0.4) is 0 Å². The van der Waals surface area contributed by atoms with Crippen molar-refractivity contribution < 1.29 is 0 Å². The van der Waals surface area contributed by atoms with Gasteiger partial charge in [-0.25, -0.2) is 4.98 Å². The van der Waals surface area contributed by atoms with E-state index in [1.807, 2.05) is 19.1 Å². The Morgan fingerprint density at radius 2 is 1.94 bits per heavy atom. The molecule has 17 heavy (non-hydrogen) atoms. The number of nitrogens with one attached hydrogen (secondary N) is 1. The Morgan fingerprint density at radius 1 is 1.18 bits per heavy atom. The summed E-state index contributed by atoms with van der Waals surface area (Å²) >= 11 is 11.9. The minimum absolute atomic E-state index is 0.381. The predicted octanol–water partition coefficient (Wildman–Crippen LogP) is 4.02. The van der Waals surface area contributed by atoms with E-state index in [1.165, 1.54) is 0 Å². The van der Waals surface area contributed by atoms with Crippen LogP contribution < -0.4 is 11.1 Å². The molecule has 3 nitrogen and oxygen atoms in total. The average molecular weight is 268 g/mol. The zero-order valence-electron chi connectivity index (χ0n) is 9.17. The van der Waals surface area contributed by atoms with Gasteiger partial charge >= 0.3 is 0 Å². The van der Waals surface area contributed by atoms with Crippen LogP contribution in [0, 0.1) is 6.92 Å². The van der Waals surface area contributed by atoms with Crippen molar-refractivity contribution in [3.63, 3.8) is 0 Å². The van der Waals surface area contributed by atoms with Gasteiger partial charge in [0.05, 0.1) is 16.4 Å². The third-order valence-electron chi connectivity index (χ3n) is 2.36. The van der Waals surface area contributed by atoms with E-state index in [-0.39, 0.29) is 0 Å². The highest BCUT2D eigenvalue weighted by Crippen LogP contribution is 2.30. The van der Waals surface area contributed by atoms with Crippen molar-refractivity contribution in [3.05, 3.63) is 46.1 Å². The van der Waals surface area contributed by atoms with Crippen LogP contribution in [-0.4, -0.2) is 4.98 Å². The summed E-state index contributed by atoms with van der Waals surface area (Å²) in [6.45, 7) is 1.95. The second-order valence-corrected chi connectivity index (χ2v) is 4.42. The lowest BCUT2D eigenvalue weighted by Crippen LogP contribution is -2.01. The molecule has 1 aromatic heterocycles. The maximum absolute atomic E-state index is 6.11. The maximum Gasteiger partial charge on any atom is 0.155 e. The van der Waals surface area contributed by atoms with Crippen LogP contribution in [0.2, 0.25) is 10.2 Å². The number of halogens is 2. The molecule has 5 heteroatoms. The monoisotopic (exact) mass is 267 g/mol. The zero-order chi connectivity index (χ0) is 12.4. The molecule has 0 radical (unpaired) electrons. The number of nitrogens with two attached hydrogens (primary N) is 1. The summed E-state index contributed by atoms with van der Waals surface area (Å²) in [6, 6.07) is 8.98. The summed E-state index contributed by atoms with van der Waals surface area (Å²) in [5.74, 6) is 0.508.